The molecule has 1 aliphatic rings. The topological polar surface area (TPSA) is 123 Å². The number of likely N-dealkylation sites (tertiary alicyclic amines) is 1. The third kappa shape index (κ3) is 5.42. The molecule has 1 atom stereocenters. The van der Waals surface area contributed by atoms with Gasteiger partial charge in [-0.3, -0.25) is 4.79 Å². The summed E-state index contributed by atoms with van der Waals surface area (Å²) in [6, 6.07) is 5.27. The van der Waals surface area contributed by atoms with E-state index in [9.17, 15) is 9.90 Å². The molecule has 0 bridgehead atoms. The molecule has 0 amide bonds. The minimum absolute atomic E-state index is 0.0777. The van der Waals surface area contributed by atoms with E-state index < -0.39 is 0 Å². The number of phenolic OH excluding ortho intramolecular Hbond substituents is 1. The molecular weight excluding hydrogens is 398 g/mol. The van der Waals surface area contributed by atoms with Gasteiger partial charge in [0, 0.05) is 42.9 Å². The average Bonchev–Trinajstić information content (AvgIpc) is 2.78. The summed E-state index contributed by atoms with van der Waals surface area (Å²) in [5, 5.41) is 22.7. The average molecular weight is 430 g/mol. The Morgan fingerprint density at radius 1 is 1.35 bits per heavy atom. The number of methoxy groups -OCH3 is 2. The second-order valence-electron chi connectivity index (χ2n) is 7.70. The van der Waals surface area contributed by atoms with Gasteiger partial charge in [0.1, 0.15) is 17.2 Å². The molecule has 0 radical (unpaired) electrons. The van der Waals surface area contributed by atoms with Crippen LogP contribution < -0.4 is 15.8 Å². The third-order valence-corrected chi connectivity index (χ3v) is 5.71. The Bertz CT molecular complexity index is 921. The number of nitrogens with two attached hydrogens (primary N) is 1. The number of carbonyl (C=O) groups is 1. The highest BCUT2D eigenvalue weighted by Crippen LogP contribution is 2.35. The summed E-state index contributed by atoms with van der Waals surface area (Å²) in [5.41, 5.74) is 8.97. The number of phenols is 1. The van der Waals surface area contributed by atoms with E-state index >= 15 is 0 Å². The fourth-order valence-corrected chi connectivity index (χ4v) is 3.94. The van der Waals surface area contributed by atoms with Crippen molar-refractivity contribution in [1.82, 2.24) is 15.1 Å². The van der Waals surface area contributed by atoms with Gasteiger partial charge in [0.2, 0.25) is 0 Å². The Balaban J connectivity index is 1.77. The zero-order valence-corrected chi connectivity index (χ0v) is 18.4. The van der Waals surface area contributed by atoms with E-state index in [2.05, 4.69) is 20.4 Å². The molecule has 31 heavy (non-hydrogen) atoms. The van der Waals surface area contributed by atoms with Gasteiger partial charge in [-0.2, -0.15) is 0 Å². The molecule has 4 N–H and O–H groups in total. The summed E-state index contributed by atoms with van der Waals surface area (Å²) in [6.45, 7) is 4.67. The molecule has 1 aromatic carbocycles. The number of hydrogen-bond donors (Lipinski definition) is 3. The summed E-state index contributed by atoms with van der Waals surface area (Å²) in [6.07, 6.45) is 2.41. The van der Waals surface area contributed by atoms with Gasteiger partial charge < -0.3 is 30.5 Å². The number of nitrogens with zero attached hydrogens (tertiary/aromatic N) is 3. The van der Waals surface area contributed by atoms with E-state index in [0.717, 1.165) is 37.1 Å². The number of esters is 1. The fraction of sp³-hybridized carbons (Fsp3) is 0.500. The summed E-state index contributed by atoms with van der Waals surface area (Å²) < 4.78 is 9.89. The highest BCUT2D eigenvalue weighted by atomic mass is 16.5. The third-order valence-electron chi connectivity index (χ3n) is 5.71. The standard InChI is InChI=1S/C22H31N5O4/c1-14-18(12-23)22(24-15-5-4-9-27(13-15)10-8-20(29)31-3)26-25-21(14)17-7-6-16(30-2)11-19(17)28/h6-7,11,15,28H,4-5,8-10,12-13,23H2,1-3H3,(H,24,26)/t15-/m1/s1. The Labute approximate surface area is 182 Å². The maximum atomic E-state index is 11.4. The number of ether oxygens (including phenoxy) is 2. The van der Waals surface area contributed by atoms with Crippen LogP contribution in [0.2, 0.25) is 0 Å². The van der Waals surface area contributed by atoms with Crippen molar-refractivity contribution in [1.29, 1.82) is 0 Å². The summed E-state index contributed by atoms with van der Waals surface area (Å²) in [4.78, 5) is 13.7. The van der Waals surface area contributed by atoms with Crippen LogP contribution in [0.3, 0.4) is 0 Å². The van der Waals surface area contributed by atoms with Gasteiger partial charge in [-0.25, -0.2) is 0 Å². The predicted octanol–water partition coefficient (Wildman–Crippen LogP) is 2.06. The van der Waals surface area contributed by atoms with Gasteiger partial charge in [-0.05, 0) is 44.0 Å². The molecule has 3 rings (SSSR count). The van der Waals surface area contributed by atoms with Gasteiger partial charge in [0.25, 0.3) is 0 Å². The first-order valence-corrected chi connectivity index (χ1v) is 10.5. The van der Waals surface area contributed by atoms with Crippen LogP contribution in [0.4, 0.5) is 5.82 Å². The quantitative estimate of drug-likeness (QED) is 0.541. The number of hydrogen-bond acceptors (Lipinski definition) is 9. The Kier molecular flexibility index (Phi) is 7.64. The van der Waals surface area contributed by atoms with E-state index in [4.69, 9.17) is 15.2 Å². The second-order valence-corrected chi connectivity index (χ2v) is 7.70. The van der Waals surface area contributed by atoms with Crippen molar-refractivity contribution in [2.75, 3.05) is 39.2 Å². The number of piperidine rings is 1. The van der Waals surface area contributed by atoms with E-state index in [0.29, 0.717) is 42.3 Å². The number of nitrogens with one attached hydrogen (secondary N) is 1. The SMILES string of the molecule is COC(=O)CCN1CCC[C@@H](Nc2nnc(-c3ccc(OC)cc3O)c(C)c2CN)C1. The van der Waals surface area contributed by atoms with E-state index in [1.165, 1.54) is 7.11 Å². The number of carbonyl (C=O) groups excluding carboxylic acids is 1. The second kappa shape index (κ2) is 10.4. The minimum Gasteiger partial charge on any atom is -0.507 e. The molecule has 0 aliphatic carbocycles. The van der Waals surface area contributed by atoms with E-state index in [1.54, 1.807) is 25.3 Å². The highest BCUT2D eigenvalue weighted by Gasteiger charge is 2.23. The lowest BCUT2D eigenvalue weighted by Gasteiger charge is -2.33. The molecule has 0 saturated carbocycles. The van der Waals surface area contributed by atoms with Gasteiger partial charge in [-0.1, -0.05) is 0 Å². The first-order chi connectivity index (χ1) is 15.0. The minimum atomic E-state index is -0.195. The maximum absolute atomic E-state index is 11.4. The monoisotopic (exact) mass is 429 g/mol. The van der Waals surface area contributed by atoms with Crippen molar-refractivity contribution in [3.05, 3.63) is 29.3 Å². The molecule has 1 fully saturated rings. The van der Waals surface area contributed by atoms with E-state index in [1.807, 2.05) is 6.92 Å². The van der Waals surface area contributed by atoms with Crippen molar-refractivity contribution >= 4 is 11.8 Å². The van der Waals surface area contributed by atoms with Crippen molar-refractivity contribution in [2.45, 2.75) is 38.8 Å². The van der Waals surface area contributed by atoms with Gasteiger partial charge in [0.05, 0.1) is 20.6 Å². The fourth-order valence-electron chi connectivity index (χ4n) is 3.94. The number of anilines is 1. The summed E-state index contributed by atoms with van der Waals surface area (Å²) >= 11 is 0. The first kappa shape index (κ1) is 22.8. The molecule has 1 aromatic heterocycles. The van der Waals surface area contributed by atoms with Crippen LogP contribution in [-0.2, 0) is 16.1 Å². The molecule has 1 aliphatic heterocycles. The van der Waals surface area contributed by atoms with Crippen molar-refractivity contribution in [2.24, 2.45) is 5.73 Å². The van der Waals surface area contributed by atoms with Crippen LogP contribution in [0.15, 0.2) is 18.2 Å². The summed E-state index contributed by atoms with van der Waals surface area (Å²) in [5.74, 6) is 1.11. The Morgan fingerprint density at radius 3 is 2.84 bits per heavy atom. The highest BCUT2D eigenvalue weighted by molar-refractivity contribution is 5.73. The van der Waals surface area contributed by atoms with Crippen LogP contribution in [0.25, 0.3) is 11.3 Å². The lowest BCUT2D eigenvalue weighted by atomic mass is 10.0. The summed E-state index contributed by atoms with van der Waals surface area (Å²) in [7, 11) is 2.96. The van der Waals surface area contributed by atoms with Crippen LogP contribution in [0, 0.1) is 6.92 Å². The first-order valence-electron chi connectivity index (χ1n) is 10.5. The van der Waals surface area contributed by atoms with Gasteiger partial charge in [-0.15, -0.1) is 10.2 Å². The van der Waals surface area contributed by atoms with Crippen molar-refractivity contribution < 1.29 is 19.4 Å². The Hall–Kier alpha value is -2.91. The smallest absolute Gasteiger partial charge is 0.306 e. The normalized spacial score (nSPS) is 16.7. The van der Waals surface area contributed by atoms with Crippen molar-refractivity contribution in [3.8, 4) is 22.8 Å². The zero-order chi connectivity index (χ0) is 22.4. The molecular formula is C22H31N5O4. The lowest BCUT2D eigenvalue weighted by molar-refractivity contribution is -0.141. The van der Waals surface area contributed by atoms with Gasteiger partial charge >= 0.3 is 5.97 Å². The molecule has 0 spiro atoms. The van der Waals surface area contributed by atoms with Crippen LogP contribution >= 0.6 is 0 Å². The lowest BCUT2D eigenvalue weighted by Crippen LogP contribution is -2.43. The zero-order valence-electron chi connectivity index (χ0n) is 18.4. The van der Waals surface area contributed by atoms with Crippen LogP contribution in [0.1, 0.15) is 30.4 Å². The molecule has 0 unspecified atom stereocenters. The molecule has 9 heteroatoms. The maximum Gasteiger partial charge on any atom is 0.306 e. The van der Waals surface area contributed by atoms with Crippen LogP contribution in [-0.4, -0.2) is 66.1 Å². The molecule has 1 saturated heterocycles. The largest absolute Gasteiger partial charge is 0.507 e. The number of aromatic hydroxyl groups is 1. The Morgan fingerprint density at radius 2 is 2.16 bits per heavy atom. The number of benzene rings is 1. The molecule has 2 aromatic rings. The number of rotatable bonds is 8. The van der Waals surface area contributed by atoms with Crippen LogP contribution in [0.5, 0.6) is 11.5 Å². The molecule has 2 heterocycles. The molecule has 168 valence electrons. The number of aromatic nitrogens is 2. The van der Waals surface area contributed by atoms with Crippen molar-refractivity contribution in [3.63, 3.8) is 0 Å². The predicted molar refractivity (Wildman–Crippen MR) is 118 cm³/mol. The molecule has 9 nitrogen and oxygen atoms in total. The van der Waals surface area contributed by atoms with Gasteiger partial charge in [0.15, 0.2) is 5.82 Å². The van der Waals surface area contributed by atoms with E-state index in [-0.39, 0.29) is 17.8 Å².